The van der Waals surface area contributed by atoms with Gasteiger partial charge in [0, 0.05) is 7.05 Å². The summed E-state index contributed by atoms with van der Waals surface area (Å²) in [5.41, 5.74) is 0. The van der Waals surface area contributed by atoms with Gasteiger partial charge in [-0.2, -0.15) is 9.79 Å². The Morgan fingerprint density at radius 1 is 1.89 bits per heavy atom. The zero-order chi connectivity index (χ0) is 7.11. The summed E-state index contributed by atoms with van der Waals surface area (Å²) < 4.78 is 4.98. The fourth-order valence-corrected chi connectivity index (χ4v) is 0.849. The van der Waals surface area contributed by atoms with Gasteiger partial charge in [-0.15, -0.1) is 5.09 Å². The normalized spacial score (nSPS) is 10.4. The van der Waals surface area contributed by atoms with Gasteiger partial charge in [0.25, 0.3) is 0 Å². The van der Waals surface area contributed by atoms with E-state index in [1.54, 1.807) is 7.05 Å². The smallest absolute Gasteiger partial charge is 0.198 e. The molecule has 3 nitrogen and oxygen atoms in total. The summed E-state index contributed by atoms with van der Waals surface area (Å²) in [7, 11) is 0.833. The summed E-state index contributed by atoms with van der Waals surface area (Å²) >= 11 is 4.77. The van der Waals surface area contributed by atoms with Crippen LogP contribution in [0.5, 0.6) is 0 Å². The molecule has 0 saturated carbocycles. The van der Waals surface area contributed by atoms with Crippen LogP contribution in [0.4, 0.5) is 0 Å². The highest BCUT2D eigenvalue weighted by Crippen LogP contribution is 2.14. The largest absolute Gasteiger partial charge is 0.439 e. The molecule has 1 unspecified atom stereocenters. The molecule has 0 rings (SSSR count). The Morgan fingerprint density at radius 2 is 2.56 bits per heavy atom. The zero-order valence-electron chi connectivity index (χ0n) is 5.13. The van der Waals surface area contributed by atoms with E-state index in [1.807, 2.05) is 6.07 Å². The molecule has 9 heavy (non-hydrogen) atoms. The molecule has 5 heteroatoms. The Hall–Kier alpha value is -0.0700. The maximum Gasteiger partial charge on any atom is 0.439 e. The molecule has 1 atom stereocenters. The van der Waals surface area contributed by atoms with Crippen molar-refractivity contribution >= 4 is 18.9 Å². The van der Waals surface area contributed by atoms with Crippen LogP contribution in [0.2, 0.25) is 0 Å². The Balaban J connectivity index is 3.09. The first kappa shape index (κ1) is 8.93. The molecule has 0 aromatic carbocycles. The third-order valence-electron chi connectivity index (χ3n) is 0.605. The lowest BCUT2D eigenvalue weighted by Gasteiger charge is -1.83. The highest BCUT2D eigenvalue weighted by Gasteiger charge is 2.05. The van der Waals surface area contributed by atoms with Crippen molar-refractivity contribution < 1.29 is 4.52 Å². The molecule has 0 aromatic rings. The lowest BCUT2D eigenvalue weighted by Crippen LogP contribution is -1.95. The van der Waals surface area contributed by atoms with E-state index < -0.39 is 7.07 Å². The van der Waals surface area contributed by atoms with Crippen molar-refractivity contribution in [2.75, 3.05) is 13.7 Å². The van der Waals surface area contributed by atoms with Crippen LogP contribution in [-0.4, -0.2) is 13.7 Å². The van der Waals surface area contributed by atoms with Crippen LogP contribution in [0.25, 0.3) is 0 Å². The summed E-state index contributed by atoms with van der Waals surface area (Å²) in [5, 5.41) is 10.8. The number of hydrogen-bond donors (Lipinski definition) is 1. The van der Waals surface area contributed by atoms with Gasteiger partial charge >= 0.3 is 7.07 Å². The summed E-state index contributed by atoms with van der Waals surface area (Å²) in [6.45, 7) is 0.437. The molecule has 0 fully saturated rings. The first-order valence-corrected chi connectivity index (χ1v) is 4.73. The van der Waals surface area contributed by atoms with E-state index in [0.29, 0.717) is 13.0 Å². The van der Waals surface area contributed by atoms with Gasteiger partial charge in [0.05, 0.1) is 12.5 Å². The van der Waals surface area contributed by atoms with Crippen molar-refractivity contribution in [3.8, 4) is 6.07 Å². The molecule has 0 heterocycles. The standard InChI is InChI=1S/C4H8N2OPS/c1-6-8(9)7-4-2-3-5/h2,4H2,1H3,(H,6,9)/q+1. The average Bonchev–Trinajstić information content (AvgIpc) is 1.89. The lowest BCUT2D eigenvalue weighted by molar-refractivity contribution is 0.368. The van der Waals surface area contributed by atoms with Gasteiger partial charge in [-0.1, -0.05) is 0 Å². The summed E-state index contributed by atoms with van der Waals surface area (Å²) in [4.78, 5) is 0. The highest BCUT2D eigenvalue weighted by molar-refractivity contribution is 8.02. The van der Waals surface area contributed by atoms with Crippen molar-refractivity contribution in [1.82, 2.24) is 5.09 Å². The fraction of sp³-hybridized carbons (Fsp3) is 0.750. The maximum atomic E-state index is 8.07. The Kier molecular flexibility index (Phi) is 6.01. The summed E-state index contributed by atoms with van der Waals surface area (Å²) in [5.74, 6) is 0. The van der Waals surface area contributed by atoms with Crippen LogP contribution < -0.4 is 5.09 Å². The van der Waals surface area contributed by atoms with E-state index in [2.05, 4.69) is 5.09 Å². The fourth-order valence-electron chi connectivity index (χ4n) is 0.239. The molecule has 0 aromatic heterocycles. The van der Waals surface area contributed by atoms with Crippen molar-refractivity contribution in [3.63, 3.8) is 0 Å². The Bertz CT molecular complexity index is 133. The molecule has 0 spiro atoms. The third kappa shape index (κ3) is 5.81. The maximum absolute atomic E-state index is 8.07. The van der Waals surface area contributed by atoms with E-state index in [9.17, 15) is 0 Å². The zero-order valence-corrected chi connectivity index (χ0v) is 6.84. The van der Waals surface area contributed by atoms with E-state index in [1.165, 1.54) is 0 Å². The minimum atomic E-state index is -0.908. The minimum Gasteiger partial charge on any atom is -0.198 e. The van der Waals surface area contributed by atoms with Crippen LogP contribution in [0.3, 0.4) is 0 Å². The monoisotopic (exact) mass is 163 g/mol. The van der Waals surface area contributed by atoms with Gasteiger partial charge in [-0.25, -0.2) is 0 Å². The molecule has 0 bridgehead atoms. The van der Waals surface area contributed by atoms with E-state index >= 15 is 0 Å². The van der Waals surface area contributed by atoms with E-state index in [-0.39, 0.29) is 0 Å². The van der Waals surface area contributed by atoms with Gasteiger partial charge < -0.3 is 0 Å². The lowest BCUT2D eigenvalue weighted by atomic mass is 10.5. The predicted molar refractivity (Wildman–Crippen MR) is 39.5 cm³/mol. The summed E-state index contributed by atoms with van der Waals surface area (Å²) in [6, 6.07) is 1.96. The van der Waals surface area contributed by atoms with E-state index in [0.717, 1.165) is 0 Å². The molecular formula is C4H8N2OPS+. The van der Waals surface area contributed by atoms with Gasteiger partial charge in [-0.3, -0.25) is 0 Å². The molecular weight excluding hydrogens is 155 g/mol. The van der Waals surface area contributed by atoms with Gasteiger partial charge in [-0.05, 0) is 0 Å². The van der Waals surface area contributed by atoms with Crippen molar-refractivity contribution in [2.45, 2.75) is 6.42 Å². The predicted octanol–water partition coefficient (Wildman–Crippen LogP) is 0.910. The molecule has 0 aliphatic heterocycles. The van der Waals surface area contributed by atoms with E-state index in [4.69, 9.17) is 21.6 Å². The van der Waals surface area contributed by atoms with Gasteiger partial charge in [0.2, 0.25) is 11.8 Å². The molecule has 1 N–H and O–H groups in total. The average molecular weight is 163 g/mol. The third-order valence-corrected chi connectivity index (χ3v) is 2.25. The second kappa shape index (κ2) is 6.06. The molecule has 0 amide bonds. The first-order chi connectivity index (χ1) is 4.31. The molecule has 0 aliphatic rings. The van der Waals surface area contributed by atoms with Crippen LogP contribution in [0.1, 0.15) is 6.42 Å². The minimum absolute atomic E-state index is 0.414. The van der Waals surface area contributed by atoms with Crippen molar-refractivity contribution in [1.29, 1.82) is 5.26 Å². The molecule has 0 aliphatic carbocycles. The molecule has 0 saturated heterocycles. The summed E-state index contributed by atoms with van der Waals surface area (Å²) in [6.07, 6.45) is 0.414. The number of nitrogens with one attached hydrogen (secondary N) is 1. The Labute approximate surface area is 60.6 Å². The second-order valence-electron chi connectivity index (χ2n) is 1.22. The number of nitrogens with zero attached hydrogens (tertiary/aromatic N) is 1. The first-order valence-electron chi connectivity index (χ1n) is 2.45. The van der Waals surface area contributed by atoms with Crippen molar-refractivity contribution in [3.05, 3.63) is 0 Å². The number of hydrogen-bond acceptors (Lipinski definition) is 3. The van der Waals surface area contributed by atoms with Crippen molar-refractivity contribution in [2.24, 2.45) is 0 Å². The number of rotatable bonds is 4. The van der Waals surface area contributed by atoms with Gasteiger partial charge in [0.15, 0.2) is 0 Å². The molecule has 0 radical (unpaired) electrons. The number of nitriles is 1. The Morgan fingerprint density at radius 3 is 3.00 bits per heavy atom. The SMILES string of the molecule is CN[P+](=S)OCCC#N. The van der Waals surface area contributed by atoms with Crippen LogP contribution in [-0.2, 0) is 16.3 Å². The van der Waals surface area contributed by atoms with Gasteiger partial charge in [0.1, 0.15) is 6.61 Å². The highest BCUT2D eigenvalue weighted by atomic mass is 32.4. The van der Waals surface area contributed by atoms with Crippen LogP contribution in [0.15, 0.2) is 0 Å². The molecule has 50 valence electrons. The topological polar surface area (TPSA) is 45.0 Å². The quantitative estimate of drug-likeness (QED) is 0.494. The van der Waals surface area contributed by atoms with Crippen LogP contribution >= 0.6 is 7.07 Å². The second-order valence-corrected chi connectivity index (χ2v) is 3.44. The van der Waals surface area contributed by atoms with Crippen LogP contribution in [0, 0.1) is 11.3 Å².